The van der Waals surface area contributed by atoms with E-state index in [4.69, 9.17) is 14.6 Å². The Kier molecular flexibility index (Phi) is 6.22. The summed E-state index contributed by atoms with van der Waals surface area (Å²) in [4.78, 5) is 15.2. The molecule has 0 spiro atoms. The second-order valence-corrected chi connectivity index (χ2v) is 6.49. The first-order chi connectivity index (χ1) is 13.2. The second kappa shape index (κ2) is 9.00. The molecule has 1 heterocycles. The molecule has 0 saturated heterocycles. The topological polar surface area (TPSA) is 68.7 Å². The number of carboxylic acid groups (broad SMARTS) is 1. The third kappa shape index (κ3) is 4.74. The van der Waals surface area contributed by atoms with Gasteiger partial charge >= 0.3 is 5.97 Å². The first-order valence-electron chi connectivity index (χ1n) is 8.41. The predicted molar refractivity (Wildman–Crippen MR) is 106 cm³/mol. The van der Waals surface area contributed by atoms with E-state index >= 15 is 0 Å². The van der Waals surface area contributed by atoms with Gasteiger partial charge in [-0.1, -0.05) is 36.4 Å². The molecule has 1 aromatic heterocycles. The highest BCUT2D eigenvalue weighted by Crippen LogP contribution is 2.32. The number of carbonyl (C=O) groups is 1. The lowest BCUT2D eigenvalue weighted by Crippen LogP contribution is -2.10. The van der Waals surface area contributed by atoms with Crippen molar-refractivity contribution in [1.29, 1.82) is 0 Å². The Hall–Kier alpha value is -3.12. The van der Waals surface area contributed by atoms with Crippen molar-refractivity contribution in [2.75, 3.05) is 13.2 Å². The minimum absolute atomic E-state index is 0.0342. The zero-order chi connectivity index (χ0) is 19.1. The molecule has 5 nitrogen and oxygen atoms in total. The van der Waals surface area contributed by atoms with E-state index in [1.807, 2.05) is 54.6 Å². The van der Waals surface area contributed by atoms with Crippen LogP contribution >= 0.6 is 11.3 Å². The summed E-state index contributed by atoms with van der Waals surface area (Å²) < 4.78 is 11.7. The van der Waals surface area contributed by atoms with Gasteiger partial charge in [0.1, 0.15) is 29.7 Å². The van der Waals surface area contributed by atoms with Crippen LogP contribution in [0.1, 0.15) is 16.1 Å². The molecule has 138 valence electrons. The van der Waals surface area contributed by atoms with E-state index in [-0.39, 0.29) is 5.69 Å². The van der Waals surface area contributed by atoms with E-state index in [2.05, 4.69) is 11.6 Å². The van der Waals surface area contributed by atoms with Crippen LogP contribution in [0, 0.1) is 0 Å². The molecule has 3 rings (SSSR count). The van der Waals surface area contributed by atoms with Crippen LogP contribution in [-0.2, 0) is 6.42 Å². The number of carboxylic acids is 1. The van der Waals surface area contributed by atoms with Crippen molar-refractivity contribution in [2.45, 2.75) is 6.42 Å². The van der Waals surface area contributed by atoms with Gasteiger partial charge in [-0.2, -0.15) is 0 Å². The third-order valence-electron chi connectivity index (χ3n) is 3.78. The Morgan fingerprint density at radius 3 is 2.44 bits per heavy atom. The summed E-state index contributed by atoms with van der Waals surface area (Å²) in [7, 11) is 0. The fourth-order valence-electron chi connectivity index (χ4n) is 2.54. The minimum Gasteiger partial charge on any atom is -0.490 e. The quantitative estimate of drug-likeness (QED) is 0.430. The summed E-state index contributed by atoms with van der Waals surface area (Å²) in [5.41, 5.74) is 1.88. The van der Waals surface area contributed by atoms with Crippen molar-refractivity contribution < 1.29 is 19.4 Å². The molecule has 0 aliphatic carbocycles. The number of hydrogen-bond acceptors (Lipinski definition) is 5. The molecule has 0 radical (unpaired) electrons. The van der Waals surface area contributed by atoms with E-state index in [1.165, 1.54) is 16.7 Å². The second-order valence-electron chi connectivity index (χ2n) is 5.64. The van der Waals surface area contributed by atoms with Crippen LogP contribution in [0.15, 0.2) is 66.6 Å². The van der Waals surface area contributed by atoms with Gasteiger partial charge in [0.2, 0.25) is 0 Å². The van der Waals surface area contributed by atoms with E-state index in [0.717, 1.165) is 23.3 Å². The molecule has 0 saturated carbocycles. The first kappa shape index (κ1) is 18.7. The van der Waals surface area contributed by atoms with Crippen LogP contribution in [0.3, 0.4) is 0 Å². The molecule has 0 aliphatic heterocycles. The predicted octanol–water partition coefficient (Wildman–Crippen LogP) is 4.69. The normalized spacial score (nSPS) is 10.4. The Bertz CT molecular complexity index is 935. The lowest BCUT2D eigenvalue weighted by molar-refractivity contribution is 0.0691. The van der Waals surface area contributed by atoms with Gasteiger partial charge in [0.25, 0.3) is 0 Å². The van der Waals surface area contributed by atoms with Crippen molar-refractivity contribution in [3.05, 3.63) is 77.8 Å². The van der Waals surface area contributed by atoms with Gasteiger partial charge in [0.05, 0.1) is 5.56 Å². The number of aromatic nitrogens is 1. The van der Waals surface area contributed by atoms with Gasteiger partial charge in [0, 0.05) is 5.38 Å². The van der Waals surface area contributed by atoms with Gasteiger partial charge in [-0.3, -0.25) is 0 Å². The summed E-state index contributed by atoms with van der Waals surface area (Å²) >= 11 is 1.28. The van der Waals surface area contributed by atoms with Gasteiger partial charge in [-0.15, -0.1) is 17.9 Å². The van der Waals surface area contributed by atoms with Crippen LogP contribution < -0.4 is 9.47 Å². The highest BCUT2D eigenvalue weighted by atomic mass is 32.1. The molecule has 0 bridgehead atoms. The number of thiazole rings is 1. The summed E-state index contributed by atoms with van der Waals surface area (Å²) in [6.45, 7) is 4.51. The molecular formula is C21H19NO4S. The van der Waals surface area contributed by atoms with Crippen molar-refractivity contribution in [2.24, 2.45) is 0 Å². The number of benzene rings is 2. The van der Waals surface area contributed by atoms with Gasteiger partial charge in [-0.25, -0.2) is 9.78 Å². The van der Waals surface area contributed by atoms with Crippen LogP contribution in [0.5, 0.6) is 11.5 Å². The number of hydrogen-bond donors (Lipinski definition) is 1. The Morgan fingerprint density at radius 1 is 1.07 bits per heavy atom. The maximum atomic E-state index is 11.0. The van der Waals surface area contributed by atoms with Crippen molar-refractivity contribution >= 4 is 17.3 Å². The highest BCUT2D eigenvalue weighted by molar-refractivity contribution is 7.13. The van der Waals surface area contributed by atoms with E-state index in [9.17, 15) is 4.79 Å². The number of rotatable bonds is 9. The van der Waals surface area contributed by atoms with Crippen LogP contribution in [0.4, 0.5) is 0 Å². The highest BCUT2D eigenvalue weighted by Gasteiger charge is 2.13. The molecule has 1 N–H and O–H groups in total. The Balaban J connectivity index is 1.64. The van der Waals surface area contributed by atoms with Crippen LogP contribution in [0.25, 0.3) is 10.6 Å². The monoisotopic (exact) mass is 381 g/mol. The van der Waals surface area contributed by atoms with Crippen LogP contribution in [0.2, 0.25) is 0 Å². The molecule has 3 aromatic rings. The number of aromatic carboxylic acids is 1. The van der Waals surface area contributed by atoms with E-state index in [0.29, 0.717) is 24.0 Å². The summed E-state index contributed by atoms with van der Waals surface area (Å²) in [5, 5.41) is 11.2. The maximum absolute atomic E-state index is 11.0. The lowest BCUT2D eigenvalue weighted by Gasteiger charge is -2.12. The molecule has 0 aliphatic rings. The maximum Gasteiger partial charge on any atom is 0.355 e. The average Bonchev–Trinajstić information content (AvgIpc) is 3.17. The SMILES string of the molecule is C=CCc1ccccc1OCCOc1ccccc1-c1nc(C(=O)O)cs1. The molecule has 2 aromatic carbocycles. The lowest BCUT2D eigenvalue weighted by atomic mass is 10.1. The van der Waals surface area contributed by atoms with Gasteiger partial charge in [-0.05, 0) is 30.2 Å². The summed E-state index contributed by atoms with van der Waals surface area (Å²) in [6, 6.07) is 15.3. The molecule has 6 heteroatoms. The van der Waals surface area contributed by atoms with E-state index in [1.54, 1.807) is 0 Å². The minimum atomic E-state index is -1.04. The Labute approximate surface area is 161 Å². The first-order valence-corrected chi connectivity index (χ1v) is 9.29. The van der Waals surface area contributed by atoms with Gasteiger partial charge < -0.3 is 14.6 Å². The van der Waals surface area contributed by atoms with Crippen molar-refractivity contribution in [3.63, 3.8) is 0 Å². The average molecular weight is 381 g/mol. The van der Waals surface area contributed by atoms with E-state index < -0.39 is 5.97 Å². The smallest absolute Gasteiger partial charge is 0.355 e. The number of nitrogens with zero attached hydrogens (tertiary/aromatic N) is 1. The Morgan fingerprint density at radius 2 is 1.74 bits per heavy atom. The largest absolute Gasteiger partial charge is 0.490 e. The molecule has 27 heavy (non-hydrogen) atoms. The zero-order valence-corrected chi connectivity index (χ0v) is 15.4. The zero-order valence-electron chi connectivity index (χ0n) is 14.6. The molecule has 0 atom stereocenters. The third-order valence-corrected chi connectivity index (χ3v) is 4.65. The number of ether oxygens (including phenoxy) is 2. The van der Waals surface area contributed by atoms with Gasteiger partial charge in [0.15, 0.2) is 5.69 Å². The standard InChI is InChI=1S/C21H19NO4S/c1-2-7-15-8-3-5-10-18(15)25-12-13-26-19-11-6-4-9-16(19)20-22-17(14-27-20)21(23)24/h2-6,8-11,14H,1,7,12-13H2,(H,23,24). The molecule has 0 fully saturated rings. The molecule has 0 unspecified atom stereocenters. The molecule has 0 amide bonds. The molecular weight excluding hydrogens is 362 g/mol. The van der Waals surface area contributed by atoms with Crippen molar-refractivity contribution in [3.8, 4) is 22.1 Å². The fourth-order valence-corrected chi connectivity index (χ4v) is 3.36. The number of para-hydroxylation sites is 2. The fraction of sp³-hybridized carbons (Fsp3) is 0.143. The summed E-state index contributed by atoms with van der Waals surface area (Å²) in [5.74, 6) is 0.426. The number of allylic oxidation sites excluding steroid dienone is 1. The summed E-state index contributed by atoms with van der Waals surface area (Å²) in [6.07, 6.45) is 2.59. The van der Waals surface area contributed by atoms with Crippen molar-refractivity contribution in [1.82, 2.24) is 4.98 Å². The van der Waals surface area contributed by atoms with Crippen LogP contribution in [-0.4, -0.2) is 29.3 Å².